The maximum Gasteiger partial charge on any atom is 0.260 e. The first-order chi connectivity index (χ1) is 9.01. The Labute approximate surface area is 111 Å². The predicted octanol–water partition coefficient (Wildman–Crippen LogP) is 2.84. The fourth-order valence-corrected chi connectivity index (χ4v) is 2.24. The van der Waals surface area contributed by atoms with Crippen molar-refractivity contribution in [3.8, 4) is 17.2 Å². The first kappa shape index (κ1) is 12.0. The second-order valence-corrected chi connectivity index (χ2v) is 5.66. The maximum atomic E-state index is 5.95. The van der Waals surface area contributed by atoms with Crippen LogP contribution in [0.1, 0.15) is 32.0 Å². The zero-order valence-corrected chi connectivity index (χ0v) is 11.3. The number of nitrogens with zero attached hydrogens (tertiary/aromatic N) is 2. The Morgan fingerprint density at radius 2 is 2.16 bits per heavy atom. The molecule has 0 aliphatic heterocycles. The molecule has 19 heavy (non-hydrogen) atoms. The Hall–Kier alpha value is -2.04. The van der Waals surface area contributed by atoms with Crippen LogP contribution in [0.25, 0.3) is 11.5 Å². The van der Waals surface area contributed by atoms with Gasteiger partial charge in [-0.3, -0.25) is 0 Å². The van der Waals surface area contributed by atoms with Gasteiger partial charge in [0.05, 0.1) is 12.7 Å². The van der Waals surface area contributed by atoms with Crippen LogP contribution < -0.4 is 10.5 Å². The molecule has 0 saturated heterocycles. The topological polar surface area (TPSA) is 74.2 Å². The molecule has 1 heterocycles. The van der Waals surface area contributed by atoms with Gasteiger partial charge < -0.3 is 15.0 Å². The highest BCUT2D eigenvalue weighted by molar-refractivity contribution is 5.72. The molecule has 0 bridgehead atoms. The molecule has 0 radical (unpaired) electrons. The molecule has 2 aromatic rings. The predicted molar refractivity (Wildman–Crippen MR) is 71.8 cm³/mol. The second-order valence-electron chi connectivity index (χ2n) is 5.66. The number of hydrogen-bond donors (Lipinski definition) is 1. The van der Waals surface area contributed by atoms with Crippen LogP contribution in [0.4, 0.5) is 5.69 Å². The van der Waals surface area contributed by atoms with Gasteiger partial charge in [-0.15, -0.1) is 0 Å². The normalized spacial score (nSPS) is 20.3. The van der Waals surface area contributed by atoms with Gasteiger partial charge in [0.2, 0.25) is 0 Å². The Morgan fingerprint density at radius 3 is 2.79 bits per heavy atom. The van der Waals surface area contributed by atoms with Gasteiger partial charge in [-0.2, -0.15) is 4.98 Å². The lowest BCUT2D eigenvalue weighted by atomic mass is 10.1. The molecule has 100 valence electrons. The molecule has 3 rings (SSSR count). The van der Waals surface area contributed by atoms with Crippen molar-refractivity contribution in [3.05, 3.63) is 24.0 Å². The van der Waals surface area contributed by atoms with E-state index in [0.717, 1.165) is 23.6 Å². The van der Waals surface area contributed by atoms with Crippen LogP contribution in [-0.4, -0.2) is 17.3 Å². The summed E-state index contributed by atoms with van der Waals surface area (Å²) < 4.78 is 10.5. The average Bonchev–Trinajstić information content (AvgIpc) is 2.82. The van der Waals surface area contributed by atoms with Gasteiger partial charge in [0.1, 0.15) is 5.75 Å². The van der Waals surface area contributed by atoms with Crippen molar-refractivity contribution in [2.75, 3.05) is 12.8 Å². The summed E-state index contributed by atoms with van der Waals surface area (Å²) >= 11 is 0. The van der Waals surface area contributed by atoms with Crippen molar-refractivity contribution in [3.63, 3.8) is 0 Å². The van der Waals surface area contributed by atoms with Gasteiger partial charge in [-0.05, 0) is 30.0 Å². The molecular formula is C14H17N3O2. The van der Waals surface area contributed by atoms with E-state index < -0.39 is 0 Å². The summed E-state index contributed by atoms with van der Waals surface area (Å²) in [5.74, 6) is 2.32. The highest BCUT2D eigenvalue weighted by Gasteiger charge is 2.49. The van der Waals surface area contributed by atoms with Crippen LogP contribution in [0.5, 0.6) is 5.75 Å². The molecule has 1 aromatic carbocycles. The molecule has 0 amide bonds. The minimum atomic E-state index is 0.279. The van der Waals surface area contributed by atoms with Crippen molar-refractivity contribution in [2.24, 2.45) is 5.41 Å². The van der Waals surface area contributed by atoms with Gasteiger partial charge in [-0.1, -0.05) is 19.0 Å². The van der Waals surface area contributed by atoms with Gasteiger partial charge in [0, 0.05) is 11.6 Å². The summed E-state index contributed by atoms with van der Waals surface area (Å²) in [6, 6.07) is 5.39. The Bertz CT molecular complexity index is 619. The van der Waals surface area contributed by atoms with Crippen LogP contribution in [0.15, 0.2) is 22.7 Å². The minimum Gasteiger partial charge on any atom is -0.497 e. The SMILES string of the molecule is COc1ccc(N)c(-c2nc(C3CC3(C)C)no2)c1. The number of aromatic nitrogens is 2. The van der Waals surface area contributed by atoms with E-state index in [1.807, 2.05) is 6.07 Å². The molecule has 1 atom stereocenters. The van der Waals surface area contributed by atoms with E-state index in [1.54, 1.807) is 19.2 Å². The zero-order chi connectivity index (χ0) is 13.6. The smallest absolute Gasteiger partial charge is 0.260 e. The van der Waals surface area contributed by atoms with Crippen LogP contribution in [0.2, 0.25) is 0 Å². The van der Waals surface area contributed by atoms with E-state index in [1.165, 1.54) is 0 Å². The van der Waals surface area contributed by atoms with Crippen molar-refractivity contribution in [2.45, 2.75) is 26.2 Å². The van der Waals surface area contributed by atoms with Gasteiger partial charge >= 0.3 is 0 Å². The van der Waals surface area contributed by atoms with E-state index in [-0.39, 0.29) is 5.41 Å². The number of nitrogens with two attached hydrogens (primary N) is 1. The molecular weight excluding hydrogens is 242 g/mol. The number of ether oxygens (including phenoxy) is 1. The van der Waals surface area contributed by atoms with Crippen molar-refractivity contribution in [1.82, 2.24) is 10.1 Å². The third kappa shape index (κ3) is 2.05. The third-order valence-electron chi connectivity index (χ3n) is 3.76. The molecule has 2 N–H and O–H groups in total. The summed E-state index contributed by atoms with van der Waals surface area (Å²) in [5, 5.41) is 4.06. The van der Waals surface area contributed by atoms with Crippen molar-refractivity contribution >= 4 is 5.69 Å². The monoisotopic (exact) mass is 259 g/mol. The molecule has 5 heteroatoms. The largest absolute Gasteiger partial charge is 0.497 e. The molecule has 1 saturated carbocycles. The zero-order valence-electron chi connectivity index (χ0n) is 11.3. The number of hydrogen-bond acceptors (Lipinski definition) is 5. The summed E-state index contributed by atoms with van der Waals surface area (Å²) in [4.78, 5) is 4.46. The van der Waals surface area contributed by atoms with Crippen LogP contribution in [0.3, 0.4) is 0 Å². The van der Waals surface area contributed by atoms with Gasteiger partial charge in [0.25, 0.3) is 5.89 Å². The van der Waals surface area contributed by atoms with Crippen LogP contribution in [0, 0.1) is 5.41 Å². The summed E-state index contributed by atoms with van der Waals surface area (Å²) in [5.41, 5.74) is 7.55. The first-order valence-electron chi connectivity index (χ1n) is 6.29. The average molecular weight is 259 g/mol. The van der Waals surface area contributed by atoms with Gasteiger partial charge in [0.15, 0.2) is 5.82 Å². The fourth-order valence-electron chi connectivity index (χ4n) is 2.24. The molecule has 1 aliphatic rings. The van der Waals surface area contributed by atoms with E-state index in [9.17, 15) is 0 Å². The molecule has 0 spiro atoms. The molecule has 1 aromatic heterocycles. The molecule has 5 nitrogen and oxygen atoms in total. The third-order valence-corrected chi connectivity index (χ3v) is 3.76. The Kier molecular flexibility index (Phi) is 2.52. The second kappa shape index (κ2) is 3.98. The number of benzene rings is 1. The molecule has 1 fully saturated rings. The quantitative estimate of drug-likeness (QED) is 0.858. The van der Waals surface area contributed by atoms with E-state index >= 15 is 0 Å². The lowest BCUT2D eigenvalue weighted by Gasteiger charge is -2.03. The maximum absolute atomic E-state index is 5.95. The van der Waals surface area contributed by atoms with Gasteiger partial charge in [-0.25, -0.2) is 0 Å². The van der Waals surface area contributed by atoms with E-state index in [2.05, 4.69) is 24.0 Å². The summed E-state index contributed by atoms with van der Waals surface area (Å²) in [6.45, 7) is 4.40. The van der Waals surface area contributed by atoms with Crippen LogP contribution in [-0.2, 0) is 0 Å². The highest BCUT2D eigenvalue weighted by atomic mass is 16.5. The fraction of sp³-hybridized carbons (Fsp3) is 0.429. The molecule has 1 unspecified atom stereocenters. The van der Waals surface area contributed by atoms with Crippen molar-refractivity contribution < 1.29 is 9.26 Å². The lowest BCUT2D eigenvalue weighted by Crippen LogP contribution is -1.94. The highest BCUT2D eigenvalue weighted by Crippen LogP contribution is 2.57. The number of nitrogen functional groups attached to an aromatic ring is 1. The van der Waals surface area contributed by atoms with E-state index in [0.29, 0.717) is 17.5 Å². The Balaban J connectivity index is 1.95. The Morgan fingerprint density at radius 1 is 1.42 bits per heavy atom. The standard InChI is InChI=1S/C14H17N3O2/c1-14(2)7-10(14)12-16-13(19-17-12)9-6-8(18-3)4-5-11(9)15/h4-6,10H,7,15H2,1-3H3. The number of methoxy groups -OCH3 is 1. The minimum absolute atomic E-state index is 0.279. The molecule has 1 aliphatic carbocycles. The summed E-state index contributed by atoms with van der Waals surface area (Å²) in [6.07, 6.45) is 1.10. The lowest BCUT2D eigenvalue weighted by molar-refractivity contribution is 0.411. The number of anilines is 1. The van der Waals surface area contributed by atoms with E-state index in [4.69, 9.17) is 15.0 Å². The number of rotatable bonds is 3. The van der Waals surface area contributed by atoms with Crippen LogP contribution >= 0.6 is 0 Å². The first-order valence-corrected chi connectivity index (χ1v) is 6.29. The van der Waals surface area contributed by atoms with Crippen molar-refractivity contribution in [1.29, 1.82) is 0 Å². The summed E-state index contributed by atoms with van der Waals surface area (Å²) in [7, 11) is 1.61.